The first-order valence-electron chi connectivity index (χ1n) is 9.17. The Morgan fingerprint density at radius 1 is 0.923 bits per heavy atom. The van der Waals surface area contributed by atoms with E-state index < -0.39 is 24.0 Å². The number of aliphatic hydroxyl groups is 1. The van der Waals surface area contributed by atoms with E-state index in [-0.39, 0.29) is 36.9 Å². The summed E-state index contributed by atoms with van der Waals surface area (Å²) < 4.78 is 0. The molecule has 9 heteroatoms. The van der Waals surface area contributed by atoms with Crippen LogP contribution < -0.4 is 5.32 Å². The second-order valence-corrected chi connectivity index (χ2v) is 7.15. The predicted octanol–water partition coefficient (Wildman–Crippen LogP) is 1.20. The van der Waals surface area contributed by atoms with Gasteiger partial charge in [-0.2, -0.15) is 10.2 Å². The van der Waals surface area contributed by atoms with E-state index in [0.717, 1.165) is 12.8 Å². The Labute approximate surface area is 151 Å². The van der Waals surface area contributed by atoms with E-state index in [1.165, 1.54) is 0 Å². The van der Waals surface area contributed by atoms with E-state index in [0.29, 0.717) is 32.1 Å². The zero-order chi connectivity index (χ0) is 19.1. The lowest BCUT2D eigenvalue weighted by Crippen LogP contribution is -2.36. The van der Waals surface area contributed by atoms with Crippen LogP contribution in [0.5, 0.6) is 0 Å². The summed E-state index contributed by atoms with van der Waals surface area (Å²) in [6, 6.07) is -0.135. The minimum absolute atomic E-state index is 0.0354. The molecule has 0 aromatic rings. The van der Waals surface area contributed by atoms with Crippen molar-refractivity contribution in [2.24, 2.45) is 22.1 Å². The molecule has 26 heavy (non-hydrogen) atoms. The van der Waals surface area contributed by atoms with Crippen LogP contribution >= 0.6 is 0 Å². The summed E-state index contributed by atoms with van der Waals surface area (Å²) in [6.45, 7) is 0.145. The van der Waals surface area contributed by atoms with E-state index in [1.807, 2.05) is 0 Å². The highest BCUT2D eigenvalue weighted by atomic mass is 16.4. The lowest BCUT2D eigenvalue weighted by Gasteiger charge is -2.29. The fourth-order valence-corrected chi connectivity index (χ4v) is 3.58. The second-order valence-electron chi connectivity index (χ2n) is 7.15. The number of aliphatic hydroxyl groups excluding tert-OH is 1. The molecule has 0 aromatic carbocycles. The number of rotatable bonds is 7. The molecule has 3 atom stereocenters. The lowest BCUT2D eigenvalue weighted by atomic mass is 9.83. The number of hydrogen-bond acceptors (Lipinski definition) is 6. The van der Waals surface area contributed by atoms with Gasteiger partial charge in [-0.15, -0.1) is 0 Å². The summed E-state index contributed by atoms with van der Waals surface area (Å²) >= 11 is 0. The molecule has 0 aliphatic heterocycles. The highest BCUT2D eigenvalue weighted by Crippen LogP contribution is 2.30. The maximum atomic E-state index is 12.0. The number of carboxylic acid groups (broad SMARTS) is 2. The quantitative estimate of drug-likeness (QED) is 0.495. The Bertz CT molecular complexity index is 545. The predicted molar refractivity (Wildman–Crippen MR) is 90.6 cm³/mol. The molecule has 0 radical (unpaired) electrons. The van der Waals surface area contributed by atoms with Crippen LogP contribution in [0.2, 0.25) is 0 Å². The topological polar surface area (TPSA) is 149 Å². The molecule has 0 saturated heterocycles. The van der Waals surface area contributed by atoms with Crippen molar-refractivity contribution in [1.82, 2.24) is 5.32 Å². The van der Waals surface area contributed by atoms with Gasteiger partial charge in [0.2, 0.25) is 5.91 Å². The van der Waals surface area contributed by atoms with Crippen LogP contribution in [0.25, 0.3) is 0 Å². The van der Waals surface area contributed by atoms with Crippen molar-refractivity contribution in [3.8, 4) is 0 Å². The minimum Gasteiger partial charge on any atom is -0.481 e. The van der Waals surface area contributed by atoms with Crippen molar-refractivity contribution >= 4 is 17.8 Å². The average Bonchev–Trinajstić information content (AvgIpc) is 2.60. The van der Waals surface area contributed by atoms with Gasteiger partial charge < -0.3 is 20.6 Å². The monoisotopic (exact) mass is 369 g/mol. The van der Waals surface area contributed by atoms with Gasteiger partial charge in [-0.3, -0.25) is 14.4 Å². The number of carboxylic acids is 2. The first kappa shape index (κ1) is 20.3. The van der Waals surface area contributed by atoms with Gasteiger partial charge in [0.25, 0.3) is 0 Å². The summed E-state index contributed by atoms with van der Waals surface area (Å²) in [5.41, 5.74) is 0. The molecule has 0 aromatic heterocycles. The van der Waals surface area contributed by atoms with E-state index in [4.69, 9.17) is 10.2 Å². The highest BCUT2D eigenvalue weighted by molar-refractivity contribution is 5.79. The van der Waals surface area contributed by atoms with E-state index >= 15 is 0 Å². The van der Waals surface area contributed by atoms with Crippen LogP contribution in [-0.2, 0) is 14.4 Å². The van der Waals surface area contributed by atoms with E-state index in [2.05, 4.69) is 15.5 Å². The molecule has 2 fully saturated rings. The lowest BCUT2D eigenvalue weighted by molar-refractivity contribution is -0.147. The number of aliphatic carboxylic acids is 2. The van der Waals surface area contributed by atoms with Crippen LogP contribution in [0.4, 0.5) is 0 Å². The average molecular weight is 369 g/mol. The SMILES string of the molecule is O=C(O)CCNC(=O)C1CCC(N=NC2CCC(O)C(C(=O)O)C2)CC1. The Kier molecular flexibility index (Phi) is 7.50. The third-order valence-electron chi connectivity index (χ3n) is 5.20. The third kappa shape index (κ3) is 6.05. The van der Waals surface area contributed by atoms with Gasteiger partial charge in [0.1, 0.15) is 0 Å². The third-order valence-corrected chi connectivity index (χ3v) is 5.20. The van der Waals surface area contributed by atoms with Crippen molar-refractivity contribution in [1.29, 1.82) is 0 Å². The molecular formula is C17H27N3O6. The maximum Gasteiger partial charge on any atom is 0.309 e. The van der Waals surface area contributed by atoms with Crippen LogP contribution in [0.3, 0.4) is 0 Å². The Balaban J connectivity index is 1.72. The molecule has 2 aliphatic carbocycles. The van der Waals surface area contributed by atoms with Gasteiger partial charge in [-0.1, -0.05) is 0 Å². The normalized spacial score (nSPS) is 32.3. The fourth-order valence-electron chi connectivity index (χ4n) is 3.58. The molecule has 0 bridgehead atoms. The molecule has 0 spiro atoms. The Morgan fingerprint density at radius 3 is 2.15 bits per heavy atom. The largest absolute Gasteiger partial charge is 0.481 e. The number of hydrogen-bond donors (Lipinski definition) is 4. The summed E-state index contributed by atoms with van der Waals surface area (Å²) in [4.78, 5) is 33.6. The molecule has 2 aliphatic rings. The zero-order valence-corrected chi connectivity index (χ0v) is 14.7. The van der Waals surface area contributed by atoms with E-state index in [9.17, 15) is 19.5 Å². The first-order chi connectivity index (χ1) is 12.4. The van der Waals surface area contributed by atoms with Crippen molar-refractivity contribution in [3.63, 3.8) is 0 Å². The molecule has 0 heterocycles. The molecule has 146 valence electrons. The zero-order valence-electron chi connectivity index (χ0n) is 14.7. The molecule has 9 nitrogen and oxygen atoms in total. The summed E-state index contributed by atoms with van der Waals surface area (Å²) in [6.07, 6.45) is 3.31. The Morgan fingerprint density at radius 2 is 1.54 bits per heavy atom. The van der Waals surface area contributed by atoms with Gasteiger partial charge in [0, 0.05) is 12.5 Å². The first-order valence-corrected chi connectivity index (χ1v) is 9.17. The van der Waals surface area contributed by atoms with Gasteiger partial charge in [-0.25, -0.2) is 0 Å². The van der Waals surface area contributed by atoms with Crippen LogP contribution in [-0.4, -0.2) is 57.9 Å². The van der Waals surface area contributed by atoms with Crippen molar-refractivity contribution in [2.45, 2.75) is 69.6 Å². The number of nitrogens with zero attached hydrogens (tertiary/aromatic N) is 2. The van der Waals surface area contributed by atoms with Crippen LogP contribution in [0, 0.1) is 11.8 Å². The molecule has 2 rings (SSSR count). The van der Waals surface area contributed by atoms with Crippen LogP contribution in [0.1, 0.15) is 51.4 Å². The fraction of sp³-hybridized carbons (Fsp3) is 0.824. The summed E-state index contributed by atoms with van der Waals surface area (Å²) in [5, 5.41) is 38.7. The Hall–Kier alpha value is -2.03. The summed E-state index contributed by atoms with van der Waals surface area (Å²) in [7, 11) is 0. The molecule has 4 N–H and O–H groups in total. The second kappa shape index (κ2) is 9.61. The number of azo groups is 1. The standard InChI is InChI=1S/C17H27N3O6/c21-14-6-5-12(9-13(14)17(25)26)20-19-11-3-1-10(2-4-11)16(24)18-8-7-15(22)23/h10-14,21H,1-9H2,(H,18,24)(H,22,23)(H,25,26). The maximum absolute atomic E-state index is 12.0. The van der Waals surface area contributed by atoms with Gasteiger partial charge in [0.05, 0.1) is 30.5 Å². The molecule has 3 unspecified atom stereocenters. The van der Waals surface area contributed by atoms with Crippen molar-refractivity contribution in [3.05, 3.63) is 0 Å². The van der Waals surface area contributed by atoms with Gasteiger partial charge >= 0.3 is 11.9 Å². The van der Waals surface area contributed by atoms with E-state index in [1.54, 1.807) is 0 Å². The molecule has 2 saturated carbocycles. The summed E-state index contributed by atoms with van der Waals surface area (Å²) in [5.74, 6) is -2.93. The number of carbonyl (C=O) groups excluding carboxylic acids is 1. The van der Waals surface area contributed by atoms with Gasteiger partial charge in [0.15, 0.2) is 0 Å². The number of carbonyl (C=O) groups is 3. The smallest absolute Gasteiger partial charge is 0.309 e. The van der Waals surface area contributed by atoms with Crippen LogP contribution in [0.15, 0.2) is 10.2 Å². The minimum atomic E-state index is -0.994. The highest BCUT2D eigenvalue weighted by Gasteiger charge is 2.34. The molecule has 1 amide bonds. The number of nitrogens with one attached hydrogen (secondary N) is 1. The number of amides is 1. The van der Waals surface area contributed by atoms with Crippen molar-refractivity contribution < 1.29 is 29.7 Å². The van der Waals surface area contributed by atoms with Crippen molar-refractivity contribution in [2.75, 3.05) is 6.54 Å². The molecular weight excluding hydrogens is 342 g/mol. The van der Waals surface area contributed by atoms with Gasteiger partial charge in [-0.05, 0) is 44.9 Å².